The van der Waals surface area contributed by atoms with Crippen LogP contribution in [0.1, 0.15) is 5.69 Å². The topological polar surface area (TPSA) is 62.5 Å². The standard InChI is InChI=1S/C6H7NO3/c8-3-5-1-6(10)2-7(5)4-9/h1-2,4,8,10H,3H2. The molecule has 2 N–H and O–H groups in total. The Bertz CT molecular complexity index is 241. The molecule has 0 aliphatic heterocycles. The summed E-state index contributed by atoms with van der Waals surface area (Å²) in [6.07, 6.45) is 1.75. The summed E-state index contributed by atoms with van der Waals surface area (Å²) < 4.78 is 1.12. The molecule has 54 valence electrons. The van der Waals surface area contributed by atoms with E-state index in [0.29, 0.717) is 12.1 Å². The predicted molar refractivity (Wildman–Crippen MR) is 34.2 cm³/mol. The molecule has 1 aromatic rings. The van der Waals surface area contributed by atoms with Crippen LogP contribution in [0, 0.1) is 0 Å². The molecule has 4 heteroatoms. The maximum atomic E-state index is 10.1. The molecule has 0 atom stereocenters. The van der Waals surface area contributed by atoms with E-state index in [2.05, 4.69) is 0 Å². The van der Waals surface area contributed by atoms with Crippen LogP contribution < -0.4 is 0 Å². The van der Waals surface area contributed by atoms with Crippen LogP contribution in [0.15, 0.2) is 12.3 Å². The van der Waals surface area contributed by atoms with Crippen molar-refractivity contribution in [2.45, 2.75) is 6.61 Å². The minimum Gasteiger partial charge on any atom is -0.506 e. The molecule has 1 heterocycles. The molecule has 0 aromatic carbocycles. The van der Waals surface area contributed by atoms with Gasteiger partial charge in [0.25, 0.3) is 0 Å². The number of aromatic hydroxyl groups is 1. The largest absolute Gasteiger partial charge is 0.506 e. The summed E-state index contributed by atoms with van der Waals surface area (Å²) in [6.45, 7) is -0.251. The zero-order valence-electron chi connectivity index (χ0n) is 5.19. The van der Waals surface area contributed by atoms with Gasteiger partial charge in [0, 0.05) is 6.07 Å². The first-order valence-corrected chi connectivity index (χ1v) is 2.74. The van der Waals surface area contributed by atoms with E-state index in [9.17, 15) is 4.79 Å². The highest BCUT2D eigenvalue weighted by atomic mass is 16.3. The summed E-state index contributed by atoms with van der Waals surface area (Å²) >= 11 is 0. The summed E-state index contributed by atoms with van der Waals surface area (Å²) in [5, 5.41) is 17.4. The lowest BCUT2D eigenvalue weighted by atomic mass is 10.4. The van der Waals surface area contributed by atoms with Crippen molar-refractivity contribution in [3.8, 4) is 5.75 Å². The van der Waals surface area contributed by atoms with Gasteiger partial charge in [-0.15, -0.1) is 0 Å². The highest BCUT2D eigenvalue weighted by Gasteiger charge is 2.00. The maximum Gasteiger partial charge on any atom is 0.218 e. The average Bonchev–Trinajstić information content (AvgIpc) is 2.30. The number of carbonyl (C=O) groups excluding carboxylic acids is 1. The Hall–Kier alpha value is -1.29. The van der Waals surface area contributed by atoms with E-state index in [1.165, 1.54) is 12.3 Å². The number of aliphatic hydroxyl groups excluding tert-OH is 1. The second kappa shape index (κ2) is 2.53. The Labute approximate surface area is 57.3 Å². The van der Waals surface area contributed by atoms with Gasteiger partial charge < -0.3 is 10.2 Å². The van der Waals surface area contributed by atoms with E-state index >= 15 is 0 Å². The van der Waals surface area contributed by atoms with Crippen LogP contribution in [0.3, 0.4) is 0 Å². The first-order chi connectivity index (χ1) is 4.77. The summed E-state index contributed by atoms with van der Waals surface area (Å²) in [5.41, 5.74) is 0.382. The van der Waals surface area contributed by atoms with Crippen molar-refractivity contribution >= 4 is 6.41 Å². The Morgan fingerprint density at radius 1 is 1.70 bits per heavy atom. The number of hydrogen-bond donors (Lipinski definition) is 2. The number of aliphatic hydroxyl groups is 1. The second-order valence-electron chi connectivity index (χ2n) is 1.86. The van der Waals surface area contributed by atoms with Crippen LogP contribution in [-0.2, 0) is 11.4 Å². The van der Waals surface area contributed by atoms with Gasteiger partial charge >= 0.3 is 0 Å². The van der Waals surface area contributed by atoms with Crippen LogP contribution in [0.4, 0.5) is 0 Å². The number of hydrogen-bond acceptors (Lipinski definition) is 3. The lowest BCUT2D eigenvalue weighted by Gasteiger charge is -1.92. The van der Waals surface area contributed by atoms with E-state index in [0.717, 1.165) is 4.57 Å². The summed E-state index contributed by atoms with van der Waals surface area (Å²) in [4.78, 5) is 10.1. The molecule has 0 aliphatic rings. The number of aromatic nitrogens is 1. The molecule has 0 amide bonds. The molecule has 0 bridgehead atoms. The normalized spacial score (nSPS) is 9.70. The van der Waals surface area contributed by atoms with Gasteiger partial charge in [-0.1, -0.05) is 0 Å². The third kappa shape index (κ3) is 1.01. The average molecular weight is 141 g/mol. The van der Waals surface area contributed by atoms with Crippen molar-refractivity contribution in [1.29, 1.82) is 0 Å². The van der Waals surface area contributed by atoms with Gasteiger partial charge in [-0.05, 0) is 0 Å². The van der Waals surface area contributed by atoms with Crippen molar-refractivity contribution in [3.05, 3.63) is 18.0 Å². The van der Waals surface area contributed by atoms with E-state index in [-0.39, 0.29) is 12.4 Å². The van der Waals surface area contributed by atoms with E-state index in [4.69, 9.17) is 10.2 Å². The SMILES string of the molecule is O=Cn1cc(O)cc1CO. The summed E-state index contributed by atoms with van der Waals surface area (Å²) in [5.74, 6) is -0.0175. The quantitative estimate of drug-likeness (QED) is 0.557. The Kier molecular flexibility index (Phi) is 1.73. The Balaban J connectivity index is 3.08. The molecule has 0 saturated heterocycles. The summed E-state index contributed by atoms with van der Waals surface area (Å²) in [7, 11) is 0. The molecule has 1 aromatic heterocycles. The fourth-order valence-electron chi connectivity index (χ4n) is 0.733. The van der Waals surface area contributed by atoms with Crippen molar-refractivity contribution < 1.29 is 15.0 Å². The van der Waals surface area contributed by atoms with E-state index in [1.807, 2.05) is 0 Å². The Morgan fingerprint density at radius 3 is 2.80 bits per heavy atom. The van der Waals surface area contributed by atoms with Crippen LogP contribution in [0.5, 0.6) is 5.75 Å². The molecule has 0 radical (unpaired) electrons. The zero-order chi connectivity index (χ0) is 7.56. The summed E-state index contributed by atoms with van der Waals surface area (Å²) in [6, 6.07) is 1.33. The van der Waals surface area contributed by atoms with Crippen LogP contribution in [0.2, 0.25) is 0 Å². The monoisotopic (exact) mass is 141 g/mol. The maximum absolute atomic E-state index is 10.1. The van der Waals surface area contributed by atoms with Gasteiger partial charge in [0.05, 0.1) is 18.5 Å². The molecule has 0 unspecified atom stereocenters. The molecule has 0 spiro atoms. The highest BCUT2D eigenvalue weighted by Crippen LogP contribution is 2.12. The Morgan fingerprint density at radius 2 is 2.40 bits per heavy atom. The van der Waals surface area contributed by atoms with Gasteiger partial charge in [0.15, 0.2) is 0 Å². The van der Waals surface area contributed by atoms with Crippen molar-refractivity contribution in [2.24, 2.45) is 0 Å². The van der Waals surface area contributed by atoms with Crippen LogP contribution >= 0.6 is 0 Å². The van der Waals surface area contributed by atoms with Crippen molar-refractivity contribution in [3.63, 3.8) is 0 Å². The van der Waals surface area contributed by atoms with Crippen molar-refractivity contribution in [2.75, 3.05) is 0 Å². The molecule has 4 nitrogen and oxygen atoms in total. The minimum absolute atomic E-state index is 0.0175. The van der Waals surface area contributed by atoms with Crippen LogP contribution in [-0.4, -0.2) is 21.2 Å². The molecule has 0 fully saturated rings. The third-order valence-electron chi connectivity index (χ3n) is 1.19. The molecular formula is C6H7NO3. The van der Waals surface area contributed by atoms with E-state index < -0.39 is 0 Å². The lowest BCUT2D eigenvalue weighted by molar-refractivity contribution is 0.275. The smallest absolute Gasteiger partial charge is 0.218 e. The molecule has 0 aliphatic carbocycles. The van der Waals surface area contributed by atoms with Gasteiger partial charge in [-0.3, -0.25) is 9.36 Å². The predicted octanol–water partition coefficient (Wildman–Crippen LogP) is -0.276. The number of rotatable bonds is 2. The van der Waals surface area contributed by atoms with Gasteiger partial charge in [0.1, 0.15) is 5.75 Å². The fraction of sp³-hybridized carbons (Fsp3) is 0.167. The first-order valence-electron chi connectivity index (χ1n) is 2.74. The molecule has 0 saturated carbocycles. The number of nitrogens with zero attached hydrogens (tertiary/aromatic N) is 1. The third-order valence-corrected chi connectivity index (χ3v) is 1.19. The lowest BCUT2D eigenvalue weighted by Crippen LogP contribution is -1.97. The van der Waals surface area contributed by atoms with E-state index in [1.54, 1.807) is 0 Å². The number of carbonyl (C=O) groups is 1. The van der Waals surface area contributed by atoms with Gasteiger partial charge in [0.2, 0.25) is 6.41 Å². The molecule has 1 rings (SSSR count). The van der Waals surface area contributed by atoms with Gasteiger partial charge in [-0.25, -0.2) is 0 Å². The minimum atomic E-state index is -0.251. The molecule has 10 heavy (non-hydrogen) atoms. The van der Waals surface area contributed by atoms with Gasteiger partial charge in [-0.2, -0.15) is 0 Å². The van der Waals surface area contributed by atoms with Crippen molar-refractivity contribution in [1.82, 2.24) is 4.57 Å². The fourth-order valence-corrected chi connectivity index (χ4v) is 0.733. The zero-order valence-corrected chi connectivity index (χ0v) is 5.19. The molecular weight excluding hydrogens is 134 g/mol. The highest BCUT2D eigenvalue weighted by molar-refractivity contribution is 5.55. The second-order valence-corrected chi connectivity index (χ2v) is 1.86. The van der Waals surface area contributed by atoms with Crippen LogP contribution in [0.25, 0.3) is 0 Å². The first kappa shape index (κ1) is 6.82.